The maximum Gasteiger partial charge on any atom is 0.310 e. The lowest BCUT2D eigenvalue weighted by Crippen LogP contribution is -2.07. The SMILES string of the molecule is CCc1ccc(Cc2cccc(C(C)C(=O)O)c2)cc1. The summed E-state index contributed by atoms with van der Waals surface area (Å²) in [5.41, 5.74) is 4.60. The van der Waals surface area contributed by atoms with Crippen LogP contribution in [0.5, 0.6) is 0 Å². The molecule has 2 nitrogen and oxygen atoms in total. The third-order valence-corrected chi connectivity index (χ3v) is 3.66. The average Bonchev–Trinajstić information content (AvgIpc) is 2.47. The van der Waals surface area contributed by atoms with Crippen molar-refractivity contribution in [3.05, 3.63) is 70.8 Å². The van der Waals surface area contributed by atoms with Gasteiger partial charge in [0.05, 0.1) is 5.92 Å². The minimum absolute atomic E-state index is 0.461. The van der Waals surface area contributed by atoms with Gasteiger partial charge in [-0.1, -0.05) is 55.5 Å². The van der Waals surface area contributed by atoms with Gasteiger partial charge in [0, 0.05) is 0 Å². The number of hydrogen-bond donors (Lipinski definition) is 1. The highest BCUT2D eigenvalue weighted by atomic mass is 16.4. The fraction of sp³-hybridized carbons (Fsp3) is 0.278. The Morgan fingerprint density at radius 1 is 1.05 bits per heavy atom. The van der Waals surface area contributed by atoms with E-state index in [1.54, 1.807) is 6.92 Å². The van der Waals surface area contributed by atoms with Crippen LogP contribution in [-0.2, 0) is 17.6 Å². The van der Waals surface area contributed by atoms with Crippen molar-refractivity contribution in [1.29, 1.82) is 0 Å². The third kappa shape index (κ3) is 3.47. The van der Waals surface area contributed by atoms with Gasteiger partial charge < -0.3 is 5.11 Å². The Hall–Kier alpha value is -2.09. The zero-order chi connectivity index (χ0) is 14.5. The summed E-state index contributed by atoms with van der Waals surface area (Å²) in [5, 5.41) is 9.07. The molecule has 0 saturated heterocycles. The number of aliphatic carboxylic acids is 1. The van der Waals surface area contributed by atoms with Gasteiger partial charge in [0.1, 0.15) is 0 Å². The number of rotatable bonds is 5. The molecular weight excluding hydrogens is 248 g/mol. The van der Waals surface area contributed by atoms with Gasteiger partial charge in [-0.2, -0.15) is 0 Å². The normalized spacial score (nSPS) is 12.1. The molecule has 0 aromatic heterocycles. The lowest BCUT2D eigenvalue weighted by Gasteiger charge is -2.09. The van der Waals surface area contributed by atoms with Crippen molar-refractivity contribution in [2.45, 2.75) is 32.6 Å². The molecule has 1 N–H and O–H groups in total. The van der Waals surface area contributed by atoms with Gasteiger partial charge >= 0.3 is 5.97 Å². The van der Waals surface area contributed by atoms with Crippen LogP contribution >= 0.6 is 0 Å². The van der Waals surface area contributed by atoms with E-state index in [1.807, 2.05) is 24.3 Å². The van der Waals surface area contributed by atoms with E-state index >= 15 is 0 Å². The fourth-order valence-electron chi connectivity index (χ4n) is 2.24. The van der Waals surface area contributed by atoms with Crippen LogP contribution in [0.25, 0.3) is 0 Å². The predicted octanol–water partition coefficient (Wildman–Crippen LogP) is 4.03. The van der Waals surface area contributed by atoms with E-state index in [1.165, 1.54) is 11.1 Å². The molecule has 0 saturated carbocycles. The van der Waals surface area contributed by atoms with Gasteiger partial charge in [-0.15, -0.1) is 0 Å². The minimum Gasteiger partial charge on any atom is -0.481 e. The largest absolute Gasteiger partial charge is 0.481 e. The highest BCUT2D eigenvalue weighted by Gasteiger charge is 2.13. The average molecular weight is 268 g/mol. The summed E-state index contributed by atoms with van der Waals surface area (Å²) in [7, 11) is 0. The van der Waals surface area contributed by atoms with Crippen LogP contribution in [-0.4, -0.2) is 11.1 Å². The molecule has 2 aromatic carbocycles. The summed E-state index contributed by atoms with van der Waals surface area (Å²) in [5.74, 6) is -1.24. The standard InChI is InChI=1S/C18H20O2/c1-3-14-7-9-15(10-8-14)11-16-5-4-6-17(12-16)13(2)18(19)20/h4-10,12-13H,3,11H2,1-2H3,(H,19,20). The molecule has 0 aliphatic carbocycles. The van der Waals surface area contributed by atoms with Crippen LogP contribution < -0.4 is 0 Å². The van der Waals surface area contributed by atoms with Crippen LogP contribution in [0.1, 0.15) is 42.0 Å². The van der Waals surface area contributed by atoms with E-state index in [0.717, 1.165) is 24.0 Å². The molecule has 2 aromatic rings. The number of benzene rings is 2. The molecule has 1 atom stereocenters. The fourth-order valence-corrected chi connectivity index (χ4v) is 2.24. The van der Waals surface area contributed by atoms with Crippen molar-refractivity contribution in [3.63, 3.8) is 0 Å². The lowest BCUT2D eigenvalue weighted by molar-refractivity contribution is -0.138. The van der Waals surface area contributed by atoms with E-state index in [9.17, 15) is 4.79 Å². The van der Waals surface area contributed by atoms with Crippen molar-refractivity contribution >= 4 is 5.97 Å². The Labute approximate surface area is 120 Å². The zero-order valence-corrected chi connectivity index (χ0v) is 12.0. The first-order valence-electron chi connectivity index (χ1n) is 6.99. The summed E-state index contributed by atoms with van der Waals surface area (Å²) < 4.78 is 0. The topological polar surface area (TPSA) is 37.3 Å². The van der Waals surface area contributed by atoms with Crippen molar-refractivity contribution in [2.24, 2.45) is 0 Å². The van der Waals surface area contributed by atoms with Crippen LogP contribution in [0, 0.1) is 0 Å². The Bertz CT molecular complexity index is 585. The second kappa shape index (κ2) is 6.38. The molecule has 0 heterocycles. The number of carboxylic acids is 1. The van der Waals surface area contributed by atoms with Gasteiger partial charge in [-0.25, -0.2) is 0 Å². The summed E-state index contributed by atoms with van der Waals surface area (Å²) in [6, 6.07) is 16.4. The number of carboxylic acid groups (broad SMARTS) is 1. The summed E-state index contributed by atoms with van der Waals surface area (Å²) in [6.45, 7) is 3.86. The van der Waals surface area contributed by atoms with E-state index in [0.29, 0.717) is 0 Å². The second-order valence-electron chi connectivity index (χ2n) is 5.15. The molecule has 2 rings (SSSR count). The summed E-state index contributed by atoms with van der Waals surface area (Å²) in [6.07, 6.45) is 1.88. The quantitative estimate of drug-likeness (QED) is 0.889. The Morgan fingerprint density at radius 2 is 1.70 bits per heavy atom. The van der Waals surface area contributed by atoms with Crippen molar-refractivity contribution in [1.82, 2.24) is 0 Å². The monoisotopic (exact) mass is 268 g/mol. The molecule has 0 fully saturated rings. The van der Waals surface area contributed by atoms with Gasteiger partial charge in [0.25, 0.3) is 0 Å². The summed E-state index contributed by atoms with van der Waals surface area (Å²) >= 11 is 0. The number of hydrogen-bond acceptors (Lipinski definition) is 1. The summed E-state index contributed by atoms with van der Waals surface area (Å²) in [4.78, 5) is 11.0. The highest BCUT2D eigenvalue weighted by molar-refractivity contribution is 5.75. The second-order valence-corrected chi connectivity index (χ2v) is 5.15. The molecule has 1 unspecified atom stereocenters. The zero-order valence-electron chi connectivity index (χ0n) is 12.0. The molecule has 0 aliphatic heterocycles. The Morgan fingerprint density at radius 3 is 2.30 bits per heavy atom. The Kier molecular flexibility index (Phi) is 4.57. The number of aryl methyl sites for hydroxylation is 1. The molecule has 0 bridgehead atoms. The minimum atomic E-state index is -0.783. The maximum absolute atomic E-state index is 11.0. The first kappa shape index (κ1) is 14.3. The first-order chi connectivity index (χ1) is 9.60. The molecule has 0 aliphatic rings. The molecule has 0 radical (unpaired) electrons. The number of carbonyl (C=O) groups is 1. The van der Waals surface area contributed by atoms with Gasteiger partial charge in [0.15, 0.2) is 0 Å². The van der Waals surface area contributed by atoms with Gasteiger partial charge in [0.2, 0.25) is 0 Å². The highest BCUT2D eigenvalue weighted by Crippen LogP contribution is 2.19. The maximum atomic E-state index is 11.0. The van der Waals surface area contributed by atoms with Gasteiger partial charge in [-0.05, 0) is 42.0 Å². The van der Waals surface area contributed by atoms with Gasteiger partial charge in [-0.3, -0.25) is 4.79 Å². The first-order valence-corrected chi connectivity index (χ1v) is 6.99. The third-order valence-electron chi connectivity index (χ3n) is 3.66. The molecule has 0 amide bonds. The van der Waals surface area contributed by atoms with Crippen molar-refractivity contribution in [2.75, 3.05) is 0 Å². The van der Waals surface area contributed by atoms with Crippen LogP contribution in [0.15, 0.2) is 48.5 Å². The molecule has 20 heavy (non-hydrogen) atoms. The van der Waals surface area contributed by atoms with E-state index in [4.69, 9.17) is 5.11 Å². The van der Waals surface area contributed by atoms with Crippen molar-refractivity contribution < 1.29 is 9.90 Å². The molecule has 2 heteroatoms. The molecular formula is C18H20O2. The van der Waals surface area contributed by atoms with E-state index < -0.39 is 11.9 Å². The van der Waals surface area contributed by atoms with E-state index in [-0.39, 0.29) is 0 Å². The van der Waals surface area contributed by atoms with Crippen LogP contribution in [0.2, 0.25) is 0 Å². The van der Waals surface area contributed by atoms with Crippen LogP contribution in [0.4, 0.5) is 0 Å². The van der Waals surface area contributed by atoms with E-state index in [2.05, 4.69) is 31.2 Å². The molecule has 104 valence electrons. The molecule has 0 spiro atoms. The van der Waals surface area contributed by atoms with Crippen LogP contribution in [0.3, 0.4) is 0 Å². The predicted molar refractivity (Wildman–Crippen MR) is 81.1 cm³/mol. The lowest BCUT2D eigenvalue weighted by atomic mass is 9.96. The van der Waals surface area contributed by atoms with Crippen molar-refractivity contribution in [3.8, 4) is 0 Å². The smallest absolute Gasteiger partial charge is 0.310 e. The Balaban J connectivity index is 2.16.